The summed E-state index contributed by atoms with van der Waals surface area (Å²) in [7, 11) is 0. The predicted molar refractivity (Wildman–Crippen MR) is 124 cm³/mol. The monoisotopic (exact) mass is 434 g/mol. The molecule has 0 atom stereocenters. The molecule has 2 aliphatic carbocycles. The number of alkyl halides is 2. The highest BCUT2D eigenvalue weighted by molar-refractivity contribution is 5.38. The summed E-state index contributed by atoms with van der Waals surface area (Å²) in [5.74, 6) is 1.66. The molecule has 0 aliphatic heterocycles. The molecule has 2 saturated carbocycles. The number of aryl methyl sites for hydroxylation is 1. The molecule has 3 rings (SSSR count). The van der Waals surface area contributed by atoms with Gasteiger partial charge in [-0.05, 0) is 99.0 Å². The van der Waals surface area contributed by atoms with E-state index in [0.29, 0.717) is 29.4 Å². The summed E-state index contributed by atoms with van der Waals surface area (Å²) in [6.07, 6.45) is 15.7. The first-order chi connectivity index (χ1) is 15.0. The molecule has 0 bridgehead atoms. The zero-order valence-electron chi connectivity index (χ0n) is 19.5. The molecular formula is C28H41F3. The van der Waals surface area contributed by atoms with Crippen molar-refractivity contribution in [2.75, 3.05) is 0 Å². The Hall–Kier alpha value is -1.25. The van der Waals surface area contributed by atoms with E-state index in [-0.39, 0.29) is 11.5 Å². The first-order valence-corrected chi connectivity index (χ1v) is 12.8. The van der Waals surface area contributed by atoms with Gasteiger partial charge in [-0.25, -0.2) is 13.2 Å². The second-order valence-electron chi connectivity index (χ2n) is 10.0. The Kier molecular flexibility index (Phi) is 9.53. The van der Waals surface area contributed by atoms with Crippen molar-refractivity contribution in [1.29, 1.82) is 0 Å². The van der Waals surface area contributed by atoms with Gasteiger partial charge in [-0.3, -0.25) is 0 Å². The highest BCUT2D eigenvalue weighted by Gasteiger charge is 2.28. The minimum Gasteiger partial charge on any atom is -0.206 e. The van der Waals surface area contributed by atoms with Crippen LogP contribution in [0.4, 0.5) is 13.2 Å². The van der Waals surface area contributed by atoms with E-state index >= 15 is 4.39 Å². The van der Waals surface area contributed by atoms with Crippen molar-refractivity contribution in [1.82, 2.24) is 0 Å². The van der Waals surface area contributed by atoms with E-state index in [9.17, 15) is 8.78 Å². The number of rotatable bonds is 9. The zero-order valence-corrected chi connectivity index (χ0v) is 19.5. The summed E-state index contributed by atoms with van der Waals surface area (Å²) < 4.78 is 42.7. The lowest BCUT2D eigenvalue weighted by atomic mass is 9.76. The molecule has 0 heterocycles. The van der Waals surface area contributed by atoms with Crippen molar-refractivity contribution in [2.45, 2.75) is 110 Å². The Morgan fingerprint density at radius 2 is 1.61 bits per heavy atom. The molecule has 174 valence electrons. The first-order valence-electron chi connectivity index (χ1n) is 12.8. The van der Waals surface area contributed by atoms with Crippen molar-refractivity contribution in [3.63, 3.8) is 0 Å². The van der Waals surface area contributed by atoms with Gasteiger partial charge in [-0.2, -0.15) is 0 Å². The van der Waals surface area contributed by atoms with Crippen LogP contribution in [0.5, 0.6) is 0 Å². The fourth-order valence-electron chi connectivity index (χ4n) is 5.91. The molecule has 0 radical (unpaired) electrons. The van der Waals surface area contributed by atoms with Crippen LogP contribution < -0.4 is 0 Å². The van der Waals surface area contributed by atoms with Gasteiger partial charge in [0.1, 0.15) is 5.82 Å². The van der Waals surface area contributed by atoms with Gasteiger partial charge < -0.3 is 0 Å². The van der Waals surface area contributed by atoms with Crippen LogP contribution in [0, 0.1) is 23.6 Å². The van der Waals surface area contributed by atoms with Gasteiger partial charge >= 0.3 is 0 Å². The maximum atomic E-state index is 15.1. The van der Waals surface area contributed by atoms with Gasteiger partial charge in [0.2, 0.25) is 0 Å². The molecule has 1 aromatic carbocycles. The van der Waals surface area contributed by atoms with Gasteiger partial charge in [-0.1, -0.05) is 57.4 Å². The van der Waals surface area contributed by atoms with E-state index < -0.39 is 12.2 Å². The van der Waals surface area contributed by atoms with E-state index in [1.807, 2.05) is 0 Å². The minimum atomic E-state index is -2.74. The molecular weight excluding hydrogens is 393 g/mol. The fraction of sp³-hybridized carbons (Fsp3) is 0.714. The van der Waals surface area contributed by atoms with Crippen LogP contribution in [0.25, 0.3) is 0 Å². The van der Waals surface area contributed by atoms with E-state index in [0.717, 1.165) is 44.4 Å². The Labute approximate surface area is 187 Å². The Morgan fingerprint density at radius 1 is 0.935 bits per heavy atom. The number of benzene rings is 1. The molecule has 0 N–H and O–H groups in total. The lowest BCUT2D eigenvalue weighted by molar-refractivity contribution is 0.143. The molecule has 0 saturated heterocycles. The number of hydrogen-bond donors (Lipinski definition) is 0. The van der Waals surface area contributed by atoms with Crippen LogP contribution in [0.3, 0.4) is 0 Å². The molecule has 3 heteroatoms. The van der Waals surface area contributed by atoms with E-state index in [1.54, 1.807) is 12.1 Å². The molecule has 0 nitrogen and oxygen atoms in total. The van der Waals surface area contributed by atoms with E-state index in [1.165, 1.54) is 38.5 Å². The second-order valence-corrected chi connectivity index (χ2v) is 10.0. The van der Waals surface area contributed by atoms with Crippen molar-refractivity contribution < 1.29 is 13.2 Å². The lowest BCUT2D eigenvalue weighted by Gasteiger charge is -2.29. The number of hydrogen-bond acceptors (Lipinski definition) is 0. The third-order valence-electron chi connectivity index (χ3n) is 7.95. The minimum absolute atomic E-state index is 0.0816. The molecule has 2 aliphatic rings. The van der Waals surface area contributed by atoms with E-state index in [2.05, 4.69) is 26.0 Å². The molecule has 31 heavy (non-hydrogen) atoms. The SMILES string of the molecule is CCCC1CCC(/C=C/CCc2ccc(C3CCC(CC)CC3)c(C(F)F)c2F)CC1. The van der Waals surface area contributed by atoms with Crippen LogP contribution in [0.1, 0.15) is 120 Å². The maximum Gasteiger partial charge on any atom is 0.266 e. The molecule has 0 spiro atoms. The van der Waals surface area contributed by atoms with Crippen molar-refractivity contribution >= 4 is 0 Å². The summed E-state index contributed by atoms with van der Waals surface area (Å²) in [5, 5.41) is 0. The Bertz CT molecular complexity index is 692. The van der Waals surface area contributed by atoms with Crippen molar-refractivity contribution in [3.05, 3.63) is 46.8 Å². The average Bonchev–Trinajstić information content (AvgIpc) is 2.78. The van der Waals surface area contributed by atoms with Gasteiger partial charge in [-0.15, -0.1) is 0 Å². The van der Waals surface area contributed by atoms with E-state index in [4.69, 9.17) is 0 Å². The zero-order chi connectivity index (χ0) is 22.2. The second kappa shape index (κ2) is 12.1. The van der Waals surface area contributed by atoms with Crippen LogP contribution >= 0.6 is 0 Å². The maximum absolute atomic E-state index is 15.1. The lowest BCUT2D eigenvalue weighted by Crippen LogP contribution is -2.15. The summed E-state index contributed by atoms with van der Waals surface area (Å²) in [5.41, 5.74) is 0.679. The molecule has 0 aromatic heterocycles. The van der Waals surface area contributed by atoms with Crippen molar-refractivity contribution in [3.8, 4) is 0 Å². The predicted octanol–water partition coefficient (Wildman–Crippen LogP) is 9.54. The van der Waals surface area contributed by atoms with Gasteiger partial charge in [0.25, 0.3) is 6.43 Å². The number of halogens is 3. The average molecular weight is 435 g/mol. The Balaban J connectivity index is 1.58. The number of allylic oxidation sites excluding steroid dienone is 2. The molecule has 2 fully saturated rings. The van der Waals surface area contributed by atoms with Crippen molar-refractivity contribution in [2.24, 2.45) is 17.8 Å². The third-order valence-corrected chi connectivity index (χ3v) is 7.95. The van der Waals surface area contributed by atoms with Gasteiger partial charge in [0, 0.05) is 0 Å². The summed E-state index contributed by atoms with van der Waals surface area (Å²) in [4.78, 5) is 0. The quantitative estimate of drug-likeness (QED) is 0.339. The van der Waals surface area contributed by atoms with Crippen LogP contribution in [-0.2, 0) is 6.42 Å². The highest BCUT2D eigenvalue weighted by atomic mass is 19.3. The van der Waals surface area contributed by atoms with Crippen LogP contribution in [0.15, 0.2) is 24.3 Å². The molecule has 1 aromatic rings. The van der Waals surface area contributed by atoms with Gasteiger partial charge in [0.15, 0.2) is 0 Å². The highest BCUT2D eigenvalue weighted by Crippen LogP contribution is 2.41. The first kappa shape index (κ1) is 24.4. The topological polar surface area (TPSA) is 0 Å². The van der Waals surface area contributed by atoms with Crippen LogP contribution in [-0.4, -0.2) is 0 Å². The normalized spacial score (nSPS) is 27.3. The van der Waals surface area contributed by atoms with Gasteiger partial charge in [0.05, 0.1) is 5.56 Å². The summed E-state index contributed by atoms with van der Waals surface area (Å²) >= 11 is 0. The summed E-state index contributed by atoms with van der Waals surface area (Å²) in [6, 6.07) is 3.57. The third kappa shape index (κ3) is 6.62. The van der Waals surface area contributed by atoms with Crippen LogP contribution in [0.2, 0.25) is 0 Å². The smallest absolute Gasteiger partial charge is 0.206 e. The molecule has 0 unspecified atom stereocenters. The standard InChI is InChI=1S/C28H41F3/c1-3-7-21-10-12-22(13-11-21)8-5-6-9-24-18-19-25(26(27(24)29)28(30)31)23-16-14-20(4-2)15-17-23/h5,8,18-23,28H,3-4,6-7,9-17H2,1-2H3/b8-5+. The fourth-order valence-corrected chi connectivity index (χ4v) is 5.91. The summed E-state index contributed by atoms with van der Waals surface area (Å²) in [6.45, 7) is 4.45. The Morgan fingerprint density at radius 3 is 2.23 bits per heavy atom. The largest absolute Gasteiger partial charge is 0.266 e. The molecule has 0 amide bonds.